The van der Waals surface area contributed by atoms with E-state index in [1.807, 2.05) is 0 Å². The van der Waals surface area contributed by atoms with Crippen LogP contribution in [-0.4, -0.2) is 39.3 Å². The Kier molecular flexibility index (Phi) is 14.8. The molecule has 30 heavy (non-hydrogen) atoms. The summed E-state index contributed by atoms with van der Waals surface area (Å²) in [7, 11) is 0. The average Bonchev–Trinajstić information content (AvgIpc) is 2.79. The van der Waals surface area contributed by atoms with Gasteiger partial charge in [0.05, 0.1) is 0 Å². The van der Waals surface area contributed by atoms with E-state index in [0.717, 1.165) is 52.4 Å². The van der Waals surface area contributed by atoms with Gasteiger partial charge in [0.2, 0.25) is 0 Å². The van der Waals surface area contributed by atoms with Crippen molar-refractivity contribution < 1.29 is 0 Å². The maximum Gasteiger partial charge on any atom is 0.0206 e. The van der Waals surface area contributed by atoms with Crippen molar-refractivity contribution in [2.24, 2.45) is 0 Å². The van der Waals surface area contributed by atoms with Crippen LogP contribution >= 0.6 is 0 Å². The highest BCUT2D eigenvalue weighted by molar-refractivity contribution is 5.14. The van der Waals surface area contributed by atoms with Crippen molar-refractivity contribution in [3.05, 3.63) is 71.8 Å². The lowest BCUT2D eigenvalue weighted by molar-refractivity contribution is 0.538. The van der Waals surface area contributed by atoms with Gasteiger partial charge in [0.15, 0.2) is 0 Å². The molecule has 0 aromatic heterocycles. The standard InChI is InChI=1S/C26H42N4/c1(3-11-17-27-19-21-29-23-25-13-7-5-8-14-25)2-4-12-18-28-20-22-30-24-26-15-9-6-10-16-26/h5-10,13-16,27-30H,1-4,11-12,17-24H2. The van der Waals surface area contributed by atoms with Crippen molar-refractivity contribution >= 4 is 0 Å². The van der Waals surface area contributed by atoms with Crippen LogP contribution in [0.3, 0.4) is 0 Å². The number of unbranched alkanes of at least 4 members (excludes halogenated alkanes) is 5. The summed E-state index contributed by atoms with van der Waals surface area (Å²) in [5, 5.41) is 14.0. The highest BCUT2D eigenvalue weighted by atomic mass is 14.9. The van der Waals surface area contributed by atoms with Crippen LogP contribution < -0.4 is 21.3 Å². The normalized spacial score (nSPS) is 11.1. The molecule has 0 aliphatic heterocycles. The summed E-state index contributed by atoms with van der Waals surface area (Å²) in [5.74, 6) is 0. The van der Waals surface area contributed by atoms with Crippen molar-refractivity contribution in [3.63, 3.8) is 0 Å². The zero-order valence-corrected chi connectivity index (χ0v) is 18.7. The Morgan fingerprint density at radius 3 is 1.17 bits per heavy atom. The highest BCUT2D eigenvalue weighted by Crippen LogP contribution is 2.04. The molecule has 0 unspecified atom stereocenters. The maximum absolute atomic E-state index is 3.54. The summed E-state index contributed by atoms with van der Waals surface area (Å²) >= 11 is 0. The van der Waals surface area contributed by atoms with E-state index in [0.29, 0.717) is 0 Å². The summed E-state index contributed by atoms with van der Waals surface area (Å²) in [6.07, 6.45) is 8.02. The van der Waals surface area contributed by atoms with Gasteiger partial charge in [0.1, 0.15) is 0 Å². The number of hydrogen-bond acceptors (Lipinski definition) is 4. The Morgan fingerprint density at radius 2 is 0.733 bits per heavy atom. The van der Waals surface area contributed by atoms with Crippen LogP contribution in [0.1, 0.15) is 49.7 Å². The molecule has 2 aromatic carbocycles. The molecule has 2 aromatic rings. The van der Waals surface area contributed by atoms with E-state index in [-0.39, 0.29) is 0 Å². The van der Waals surface area contributed by atoms with Gasteiger partial charge in [-0.05, 0) is 37.1 Å². The van der Waals surface area contributed by atoms with Gasteiger partial charge in [-0.25, -0.2) is 0 Å². The van der Waals surface area contributed by atoms with Gasteiger partial charge in [-0.3, -0.25) is 0 Å². The van der Waals surface area contributed by atoms with Crippen LogP contribution in [-0.2, 0) is 13.1 Å². The van der Waals surface area contributed by atoms with Crippen LogP contribution in [0.25, 0.3) is 0 Å². The molecule has 0 aliphatic rings. The van der Waals surface area contributed by atoms with Gasteiger partial charge in [-0.1, -0.05) is 86.3 Å². The summed E-state index contributed by atoms with van der Waals surface area (Å²) in [6.45, 7) is 8.38. The molecule has 4 heteroatoms. The fraction of sp³-hybridized carbons (Fsp3) is 0.538. The summed E-state index contributed by atoms with van der Waals surface area (Å²) in [6, 6.07) is 21.2. The number of nitrogens with one attached hydrogen (secondary N) is 4. The van der Waals surface area contributed by atoms with Crippen molar-refractivity contribution in [3.8, 4) is 0 Å². The van der Waals surface area contributed by atoms with Crippen LogP contribution in [0.5, 0.6) is 0 Å². The van der Waals surface area contributed by atoms with E-state index >= 15 is 0 Å². The Hall–Kier alpha value is -1.72. The van der Waals surface area contributed by atoms with Gasteiger partial charge in [0, 0.05) is 39.3 Å². The molecule has 0 amide bonds. The largest absolute Gasteiger partial charge is 0.315 e. The molecular weight excluding hydrogens is 368 g/mol. The van der Waals surface area contributed by atoms with Gasteiger partial charge in [-0.15, -0.1) is 0 Å². The molecule has 0 aliphatic carbocycles. The lowest BCUT2D eigenvalue weighted by Crippen LogP contribution is -2.27. The smallest absolute Gasteiger partial charge is 0.0206 e. The fourth-order valence-corrected chi connectivity index (χ4v) is 3.47. The Balaban J connectivity index is 1.23. The Morgan fingerprint density at radius 1 is 0.367 bits per heavy atom. The monoisotopic (exact) mass is 410 g/mol. The Labute approximate surface area is 184 Å². The second kappa shape index (κ2) is 18.1. The van der Waals surface area contributed by atoms with Crippen LogP contribution in [0.4, 0.5) is 0 Å². The maximum atomic E-state index is 3.54. The van der Waals surface area contributed by atoms with Gasteiger partial charge in [-0.2, -0.15) is 0 Å². The predicted octanol–water partition coefficient (Wildman–Crippen LogP) is 4.09. The highest BCUT2D eigenvalue weighted by Gasteiger charge is 1.94. The third-order valence-electron chi connectivity index (χ3n) is 5.26. The third kappa shape index (κ3) is 13.5. The molecule has 0 atom stereocenters. The van der Waals surface area contributed by atoms with Crippen molar-refractivity contribution in [2.75, 3.05) is 39.3 Å². The molecule has 0 radical (unpaired) electrons. The number of hydrogen-bond donors (Lipinski definition) is 4. The first-order valence-electron chi connectivity index (χ1n) is 11.9. The zero-order chi connectivity index (χ0) is 21.0. The van der Waals surface area contributed by atoms with Crippen LogP contribution in [0.2, 0.25) is 0 Å². The van der Waals surface area contributed by atoms with E-state index in [1.165, 1.54) is 49.7 Å². The van der Waals surface area contributed by atoms with Crippen LogP contribution in [0.15, 0.2) is 60.7 Å². The molecule has 0 heterocycles. The number of rotatable bonds is 19. The minimum Gasteiger partial charge on any atom is -0.315 e. The van der Waals surface area contributed by atoms with E-state index in [4.69, 9.17) is 0 Å². The van der Waals surface area contributed by atoms with Gasteiger partial charge in [0.25, 0.3) is 0 Å². The SMILES string of the molecule is c1ccc(CNCCNCCCCCCCCNCCNCc2ccccc2)cc1. The molecule has 4 nitrogen and oxygen atoms in total. The number of benzene rings is 2. The lowest BCUT2D eigenvalue weighted by Gasteiger charge is -2.08. The van der Waals surface area contributed by atoms with E-state index in [2.05, 4.69) is 81.9 Å². The molecule has 0 saturated heterocycles. The first kappa shape index (κ1) is 24.5. The van der Waals surface area contributed by atoms with Crippen LogP contribution in [0, 0.1) is 0 Å². The van der Waals surface area contributed by atoms with Gasteiger partial charge >= 0.3 is 0 Å². The topological polar surface area (TPSA) is 48.1 Å². The first-order chi connectivity index (χ1) is 14.9. The fourth-order valence-electron chi connectivity index (χ4n) is 3.47. The van der Waals surface area contributed by atoms with Crippen molar-refractivity contribution in [1.29, 1.82) is 0 Å². The van der Waals surface area contributed by atoms with E-state index in [9.17, 15) is 0 Å². The molecule has 0 bridgehead atoms. The Bertz CT molecular complexity index is 547. The summed E-state index contributed by atoms with van der Waals surface area (Å²) < 4.78 is 0. The molecule has 0 spiro atoms. The molecule has 166 valence electrons. The minimum absolute atomic E-state index is 0.960. The molecule has 0 saturated carbocycles. The molecular formula is C26H42N4. The molecule has 2 rings (SSSR count). The lowest BCUT2D eigenvalue weighted by atomic mass is 10.1. The van der Waals surface area contributed by atoms with E-state index in [1.54, 1.807) is 0 Å². The summed E-state index contributed by atoms with van der Waals surface area (Å²) in [4.78, 5) is 0. The zero-order valence-electron chi connectivity index (χ0n) is 18.7. The third-order valence-corrected chi connectivity index (χ3v) is 5.26. The predicted molar refractivity (Wildman–Crippen MR) is 130 cm³/mol. The molecule has 4 N–H and O–H groups in total. The average molecular weight is 411 g/mol. The minimum atomic E-state index is 0.960. The second-order valence-electron chi connectivity index (χ2n) is 7.95. The quantitative estimate of drug-likeness (QED) is 0.264. The van der Waals surface area contributed by atoms with E-state index < -0.39 is 0 Å². The molecule has 0 fully saturated rings. The first-order valence-corrected chi connectivity index (χ1v) is 11.9. The van der Waals surface area contributed by atoms with Crippen molar-refractivity contribution in [1.82, 2.24) is 21.3 Å². The second-order valence-corrected chi connectivity index (χ2v) is 7.95. The summed E-state index contributed by atoms with van der Waals surface area (Å²) in [5.41, 5.74) is 2.71. The van der Waals surface area contributed by atoms with Gasteiger partial charge < -0.3 is 21.3 Å². The van der Waals surface area contributed by atoms with Crippen molar-refractivity contribution in [2.45, 2.75) is 51.6 Å².